The summed E-state index contributed by atoms with van der Waals surface area (Å²) >= 11 is 0. The second-order valence-corrected chi connectivity index (χ2v) is 14.6. The van der Waals surface area contributed by atoms with Crippen molar-refractivity contribution >= 4 is 39.9 Å². The Morgan fingerprint density at radius 2 is 1.48 bits per heavy atom. The van der Waals surface area contributed by atoms with Crippen molar-refractivity contribution in [3.05, 3.63) is 140 Å². The Bertz CT molecular complexity index is 2360. The van der Waals surface area contributed by atoms with Crippen molar-refractivity contribution in [1.29, 1.82) is 0 Å². The van der Waals surface area contributed by atoms with Crippen LogP contribution in [-0.4, -0.2) is 56.2 Å². The number of rotatable bonds is 13. The van der Waals surface area contributed by atoms with Gasteiger partial charge in [-0.1, -0.05) is 84.9 Å². The lowest BCUT2D eigenvalue weighted by molar-refractivity contribution is -0.133. The third-order valence-electron chi connectivity index (χ3n) is 11.0. The third kappa shape index (κ3) is 8.37. The van der Waals surface area contributed by atoms with Crippen molar-refractivity contribution < 1.29 is 14.4 Å². The van der Waals surface area contributed by atoms with Gasteiger partial charge < -0.3 is 27.0 Å². The van der Waals surface area contributed by atoms with Crippen molar-refractivity contribution in [3.8, 4) is 0 Å². The number of carbonyl (C=O) groups excluding carboxylic acids is 3. The number of aromatic nitrogens is 3. The SMILES string of the molecule is NCc1ccc(CNC(=O)C2=CCC(C3CCN(C(=O)CCCNC(=O)Cc4ccc(N)cc4)CC3)n3c(=O)n(Cc4cccc5ccccc45)c(=O)n32)cc1. The zero-order valence-corrected chi connectivity index (χ0v) is 31.4. The molecule has 3 amide bonds. The number of hydrogen-bond donors (Lipinski definition) is 4. The van der Waals surface area contributed by atoms with Crippen LogP contribution in [0.3, 0.4) is 0 Å². The number of hydrogen-bond acceptors (Lipinski definition) is 7. The van der Waals surface area contributed by atoms with Crippen LogP contribution in [-0.2, 0) is 40.4 Å². The fourth-order valence-corrected chi connectivity index (χ4v) is 7.85. The molecular formula is C43H48N8O5. The van der Waals surface area contributed by atoms with Crippen LogP contribution in [0.15, 0.2) is 107 Å². The topological polar surface area (TPSA) is 179 Å². The van der Waals surface area contributed by atoms with E-state index in [0.29, 0.717) is 64.0 Å². The van der Waals surface area contributed by atoms with Gasteiger partial charge in [-0.2, -0.15) is 4.68 Å². The fourth-order valence-electron chi connectivity index (χ4n) is 7.85. The van der Waals surface area contributed by atoms with Crippen LogP contribution < -0.4 is 33.5 Å². The van der Waals surface area contributed by atoms with E-state index >= 15 is 0 Å². The van der Waals surface area contributed by atoms with Crippen LogP contribution in [0.5, 0.6) is 0 Å². The number of likely N-dealkylation sites (tertiary alicyclic amines) is 1. The van der Waals surface area contributed by atoms with Gasteiger partial charge in [-0.3, -0.25) is 14.4 Å². The van der Waals surface area contributed by atoms with E-state index in [-0.39, 0.29) is 49.0 Å². The normalized spacial score (nSPS) is 15.6. The van der Waals surface area contributed by atoms with Crippen molar-refractivity contribution in [2.75, 3.05) is 25.4 Å². The molecule has 5 aromatic rings. The van der Waals surface area contributed by atoms with Gasteiger partial charge in [0.25, 0.3) is 5.91 Å². The third-order valence-corrected chi connectivity index (χ3v) is 11.0. The van der Waals surface area contributed by atoms with Crippen LogP contribution in [0.2, 0.25) is 0 Å². The molecule has 13 nitrogen and oxygen atoms in total. The second-order valence-electron chi connectivity index (χ2n) is 14.6. The number of nitrogens with one attached hydrogen (secondary N) is 2. The Labute approximate surface area is 324 Å². The van der Waals surface area contributed by atoms with Crippen molar-refractivity contribution in [1.82, 2.24) is 29.5 Å². The fraction of sp³-hybridized carbons (Fsp3) is 0.326. The molecule has 56 heavy (non-hydrogen) atoms. The predicted octanol–water partition coefficient (Wildman–Crippen LogP) is 3.53. The van der Waals surface area contributed by atoms with Crippen LogP contribution in [0, 0.1) is 5.92 Å². The van der Waals surface area contributed by atoms with Gasteiger partial charge >= 0.3 is 11.4 Å². The zero-order chi connectivity index (χ0) is 39.2. The lowest BCUT2D eigenvalue weighted by Gasteiger charge is -2.37. The molecule has 0 radical (unpaired) electrons. The molecule has 1 saturated heterocycles. The number of nitrogen functional groups attached to an aromatic ring is 1. The van der Waals surface area contributed by atoms with Gasteiger partial charge in [0.15, 0.2) is 0 Å². The lowest BCUT2D eigenvalue weighted by atomic mass is 9.86. The minimum Gasteiger partial charge on any atom is -0.399 e. The molecule has 1 unspecified atom stereocenters. The Morgan fingerprint density at radius 1 is 0.786 bits per heavy atom. The van der Waals surface area contributed by atoms with Gasteiger partial charge in [0, 0.05) is 44.8 Å². The summed E-state index contributed by atoms with van der Waals surface area (Å²) < 4.78 is 3.96. The summed E-state index contributed by atoms with van der Waals surface area (Å²) in [5, 5.41) is 7.77. The molecule has 4 aromatic carbocycles. The van der Waals surface area contributed by atoms with E-state index in [9.17, 15) is 24.0 Å². The van der Waals surface area contributed by atoms with Gasteiger partial charge in [-0.15, -0.1) is 0 Å². The number of anilines is 1. The smallest absolute Gasteiger partial charge is 0.352 e. The molecule has 6 N–H and O–H groups in total. The van der Waals surface area contributed by atoms with Crippen molar-refractivity contribution in [3.63, 3.8) is 0 Å². The van der Waals surface area contributed by atoms with Crippen molar-refractivity contribution in [2.24, 2.45) is 11.7 Å². The van der Waals surface area contributed by atoms with E-state index in [0.717, 1.165) is 33.0 Å². The molecule has 1 atom stereocenters. The lowest BCUT2D eigenvalue weighted by Crippen LogP contribution is -2.44. The number of benzene rings is 4. The van der Waals surface area contributed by atoms with Gasteiger partial charge in [0.05, 0.1) is 19.0 Å². The number of nitrogens with two attached hydrogens (primary N) is 2. The average Bonchev–Trinajstić information content (AvgIpc) is 3.47. The number of fused-ring (bicyclic) bond motifs is 2. The molecule has 7 rings (SSSR count). The Morgan fingerprint density at radius 3 is 2.23 bits per heavy atom. The number of carbonyl (C=O) groups is 3. The molecule has 0 aliphatic carbocycles. The highest BCUT2D eigenvalue weighted by atomic mass is 16.2. The quantitative estimate of drug-likeness (QED) is 0.105. The van der Waals surface area contributed by atoms with Gasteiger partial charge in [0.1, 0.15) is 5.70 Å². The Hall–Kier alpha value is -6.21. The predicted molar refractivity (Wildman–Crippen MR) is 216 cm³/mol. The highest BCUT2D eigenvalue weighted by Gasteiger charge is 2.37. The van der Waals surface area contributed by atoms with Crippen molar-refractivity contribution in [2.45, 2.75) is 64.2 Å². The van der Waals surface area contributed by atoms with E-state index in [4.69, 9.17) is 11.5 Å². The largest absolute Gasteiger partial charge is 0.399 e. The molecule has 0 saturated carbocycles. The summed E-state index contributed by atoms with van der Waals surface area (Å²) in [6.07, 6.45) is 4.51. The first kappa shape index (κ1) is 38.1. The maximum Gasteiger partial charge on any atom is 0.352 e. The molecule has 1 aromatic heterocycles. The molecule has 2 aliphatic heterocycles. The molecule has 13 heteroatoms. The highest BCUT2D eigenvalue weighted by Crippen LogP contribution is 2.34. The maximum atomic E-state index is 14.4. The number of amides is 3. The first-order valence-corrected chi connectivity index (χ1v) is 19.3. The minimum absolute atomic E-state index is 0.00893. The summed E-state index contributed by atoms with van der Waals surface area (Å²) in [7, 11) is 0. The summed E-state index contributed by atoms with van der Waals surface area (Å²) in [5.74, 6) is -0.550. The summed E-state index contributed by atoms with van der Waals surface area (Å²) in [6.45, 7) is 2.13. The van der Waals surface area contributed by atoms with Gasteiger partial charge in [0.2, 0.25) is 11.8 Å². The second kappa shape index (κ2) is 17.1. The first-order chi connectivity index (χ1) is 27.2. The molecule has 0 bridgehead atoms. The van der Waals surface area contributed by atoms with Crippen LogP contribution >= 0.6 is 0 Å². The van der Waals surface area contributed by atoms with E-state index in [2.05, 4.69) is 10.6 Å². The molecular weight excluding hydrogens is 709 g/mol. The maximum absolute atomic E-state index is 14.4. The summed E-state index contributed by atoms with van der Waals surface area (Å²) in [6, 6.07) is 28.1. The van der Waals surface area contributed by atoms with E-state index in [1.165, 1.54) is 13.9 Å². The zero-order valence-electron chi connectivity index (χ0n) is 31.4. The van der Waals surface area contributed by atoms with Gasteiger partial charge in [-0.05, 0) is 76.8 Å². The molecule has 290 valence electrons. The van der Waals surface area contributed by atoms with E-state index in [1.54, 1.807) is 18.2 Å². The van der Waals surface area contributed by atoms with Crippen LogP contribution in [0.1, 0.15) is 60.4 Å². The monoisotopic (exact) mass is 756 g/mol. The first-order valence-electron chi connectivity index (χ1n) is 19.3. The summed E-state index contributed by atoms with van der Waals surface area (Å²) in [4.78, 5) is 69.7. The molecule has 0 spiro atoms. The van der Waals surface area contributed by atoms with E-state index in [1.807, 2.05) is 83.8 Å². The van der Waals surface area contributed by atoms with Crippen LogP contribution in [0.4, 0.5) is 5.69 Å². The standard InChI is InChI=1S/C43H48N8O5/c44-26-30-10-12-31(13-11-30)27-47-41(54)38-19-18-37(50-42(55)49(43(56)51(38)50)28-34-7-3-6-32-5-1-2-8-36(32)34)33-20-23-48(24-21-33)40(53)9-4-22-46-39(52)25-29-14-16-35(45)17-15-29/h1-3,5-8,10-17,19,33,37H,4,9,18,20-28,44-45H2,(H,46,52)(H,47,54). The van der Waals surface area contributed by atoms with E-state index < -0.39 is 17.3 Å². The average molecular weight is 757 g/mol. The van der Waals surface area contributed by atoms with Gasteiger partial charge in [-0.25, -0.2) is 18.8 Å². The number of allylic oxidation sites excluding steroid dienone is 1. The minimum atomic E-state index is -0.575. The molecule has 2 aliphatic rings. The number of piperidine rings is 1. The van der Waals surface area contributed by atoms with Crippen LogP contribution in [0.25, 0.3) is 16.5 Å². The number of nitrogens with zero attached hydrogens (tertiary/aromatic N) is 4. The Balaban J connectivity index is 1.04. The highest BCUT2D eigenvalue weighted by molar-refractivity contribution is 6.13. The summed E-state index contributed by atoms with van der Waals surface area (Å²) in [5.41, 5.74) is 14.7. The Kier molecular flexibility index (Phi) is 11.6. The molecule has 3 heterocycles. The molecule has 1 fully saturated rings.